The lowest BCUT2D eigenvalue weighted by molar-refractivity contribution is 0.670. The number of fused-ring (bicyclic) bond motifs is 8. The number of benzene rings is 7. The molecule has 4 nitrogen and oxygen atoms in total. The Hall–Kier alpha value is -6.17. The first kappa shape index (κ1) is 28.8. The standard InChI is InChI=1S/C45H31N3OSi/c1-50(2)38-19-11-9-17-35(38)41-39(50)27-36(40-34-16-8-10-18-37(34)49-42(40)41)45-47-43(31-23-20-30(21-24-31)28-12-4-3-5-13-28)46-44(48-45)33-25-22-29-14-6-7-15-32(29)26-33/h3-27H,1-2H3. The highest BCUT2D eigenvalue weighted by Gasteiger charge is 2.40. The van der Waals surface area contributed by atoms with Gasteiger partial charge < -0.3 is 4.42 Å². The van der Waals surface area contributed by atoms with E-state index in [1.165, 1.54) is 32.5 Å². The molecule has 0 saturated heterocycles. The Bertz CT molecular complexity index is 2780. The monoisotopic (exact) mass is 657 g/mol. The Morgan fingerprint density at radius 3 is 1.92 bits per heavy atom. The van der Waals surface area contributed by atoms with Crippen molar-refractivity contribution in [2.75, 3.05) is 0 Å². The third-order valence-electron chi connectivity index (χ3n) is 10.3. The fraction of sp³-hybridized carbons (Fsp3) is 0.0444. The summed E-state index contributed by atoms with van der Waals surface area (Å²) in [7, 11) is -2.07. The quantitative estimate of drug-likeness (QED) is 0.177. The smallest absolute Gasteiger partial charge is 0.164 e. The Morgan fingerprint density at radius 1 is 0.460 bits per heavy atom. The van der Waals surface area contributed by atoms with Gasteiger partial charge in [-0.15, -0.1) is 0 Å². The molecule has 0 saturated carbocycles. The molecule has 0 N–H and O–H groups in total. The van der Waals surface area contributed by atoms with Crippen molar-refractivity contribution in [1.29, 1.82) is 0 Å². The van der Waals surface area contributed by atoms with E-state index >= 15 is 0 Å². The fourth-order valence-corrected chi connectivity index (χ4v) is 10.8. The number of nitrogens with zero attached hydrogens (tertiary/aromatic N) is 3. The predicted molar refractivity (Wildman–Crippen MR) is 209 cm³/mol. The number of hydrogen-bond acceptors (Lipinski definition) is 4. The molecular formula is C45H31N3OSi. The lowest BCUT2D eigenvalue weighted by Gasteiger charge is -2.19. The van der Waals surface area contributed by atoms with Crippen LogP contribution < -0.4 is 10.4 Å². The van der Waals surface area contributed by atoms with E-state index in [0.717, 1.165) is 49.6 Å². The summed E-state index contributed by atoms with van der Waals surface area (Å²) >= 11 is 0. The molecule has 3 heterocycles. The lowest BCUT2D eigenvalue weighted by atomic mass is 9.98. The summed E-state index contributed by atoms with van der Waals surface area (Å²) in [5, 5.41) is 7.21. The molecule has 236 valence electrons. The molecule has 50 heavy (non-hydrogen) atoms. The largest absolute Gasteiger partial charge is 0.455 e. The van der Waals surface area contributed by atoms with Crippen molar-refractivity contribution in [2.24, 2.45) is 0 Å². The summed E-state index contributed by atoms with van der Waals surface area (Å²) < 4.78 is 6.79. The van der Waals surface area contributed by atoms with Crippen LogP contribution in [0, 0.1) is 0 Å². The van der Waals surface area contributed by atoms with Crippen molar-refractivity contribution in [3.05, 3.63) is 152 Å². The molecule has 7 aromatic carbocycles. The van der Waals surface area contributed by atoms with Crippen molar-refractivity contribution in [3.63, 3.8) is 0 Å². The molecule has 1 aliphatic rings. The normalized spacial score (nSPS) is 13.2. The molecule has 0 spiro atoms. The Kier molecular flexibility index (Phi) is 6.29. The first-order valence-corrected chi connectivity index (χ1v) is 20.0. The second kappa shape index (κ2) is 10.9. The van der Waals surface area contributed by atoms with Crippen molar-refractivity contribution in [2.45, 2.75) is 13.1 Å². The second-order valence-corrected chi connectivity index (χ2v) is 18.0. The fourth-order valence-electron chi connectivity index (χ4n) is 7.75. The molecule has 2 aromatic heterocycles. The highest BCUT2D eigenvalue weighted by molar-refractivity contribution is 7.04. The van der Waals surface area contributed by atoms with Gasteiger partial charge in [0.05, 0.1) is 0 Å². The van der Waals surface area contributed by atoms with Crippen molar-refractivity contribution in [1.82, 2.24) is 15.0 Å². The minimum atomic E-state index is -2.07. The maximum absolute atomic E-state index is 6.79. The van der Waals surface area contributed by atoms with Crippen LogP contribution in [0.2, 0.25) is 13.1 Å². The molecule has 9 aromatic rings. The summed E-state index contributed by atoms with van der Waals surface area (Å²) in [5.41, 5.74) is 9.45. The van der Waals surface area contributed by atoms with Gasteiger partial charge in [0.2, 0.25) is 0 Å². The van der Waals surface area contributed by atoms with Crippen LogP contribution in [0.3, 0.4) is 0 Å². The maximum atomic E-state index is 6.79. The van der Waals surface area contributed by atoms with Gasteiger partial charge in [0, 0.05) is 33.0 Å². The van der Waals surface area contributed by atoms with Crippen LogP contribution in [-0.2, 0) is 0 Å². The molecule has 0 radical (unpaired) electrons. The van der Waals surface area contributed by atoms with E-state index in [9.17, 15) is 0 Å². The number of aromatic nitrogens is 3. The summed E-state index contributed by atoms with van der Waals surface area (Å²) in [6.07, 6.45) is 0. The van der Waals surface area contributed by atoms with E-state index in [0.29, 0.717) is 17.5 Å². The van der Waals surface area contributed by atoms with E-state index in [1.54, 1.807) is 0 Å². The van der Waals surface area contributed by atoms with Crippen LogP contribution in [0.25, 0.3) is 89.1 Å². The average molecular weight is 658 g/mol. The van der Waals surface area contributed by atoms with E-state index < -0.39 is 8.07 Å². The van der Waals surface area contributed by atoms with Crippen LogP contribution in [0.4, 0.5) is 0 Å². The zero-order chi connectivity index (χ0) is 33.4. The van der Waals surface area contributed by atoms with Crippen molar-refractivity contribution in [3.8, 4) is 56.4 Å². The van der Waals surface area contributed by atoms with Gasteiger partial charge in [0.15, 0.2) is 17.5 Å². The van der Waals surface area contributed by atoms with E-state index in [-0.39, 0.29) is 0 Å². The van der Waals surface area contributed by atoms with Gasteiger partial charge in [0.1, 0.15) is 19.2 Å². The van der Waals surface area contributed by atoms with Crippen molar-refractivity contribution >= 4 is 51.2 Å². The number of rotatable bonds is 4. The second-order valence-electron chi connectivity index (χ2n) is 13.6. The average Bonchev–Trinajstić information content (AvgIpc) is 3.67. The molecule has 0 fully saturated rings. The third-order valence-corrected chi connectivity index (χ3v) is 13.9. The van der Waals surface area contributed by atoms with Crippen LogP contribution in [0.15, 0.2) is 156 Å². The summed E-state index contributed by atoms with van der Waals surface area (Å²) in [5.74, 6) is 1.92. The zero-order valence-electron chi connectivity index (χ0n) is 27.7. The van der Waals surface area contributed by atoms with Gasteiger partial charge in [-0.05, 0) is 56.0 Å². The number of para-hydroxylation sites is 1. The maximum Gasteiger partial charge on any atom is 0.164 e. The zero-order valence-corrected chi connectivity index (χ0v) is 28.7. The Morgan fingerprint density at radius 2 is 1.08 bits per heavy atom. The molecule has 5 heteroatoms. The first-order valence-electron chi connectivity index (χ1n) is 17.0. The first-order chi connectivity index (χ1) is 24.5. The molecule has 0 atom stereocenters. The molecule has 0 amide bonds. The summed E-state index contributed by atoms with van der Waals surface area (Å²) in [6.45, 7) is 4.87. The predicted octanol–water partition coefficient (Wildman–Crippen LogP) is 10.4. The van der Waals surface area contributed by atoms with Gasteiger partial charge in [0.25, 0.3) is 0 Å². The highest BCUT2D eigenvalue weighted by Crippen LogP contribution is 2.43. The summed E-state index contributed by atoms with van der Waals surface area (Å²) in [4.78, 5) is 15.7. The van der Waals surface area contributed by atoms with Gasteiger partial charge >= 0.3 is 0 Å². The van der Waals surface area contributed by atoms with Crippen LogP contribution in [-0.4, -0.2) is 23.0 Å². The highest BCUT2D eigenvalue weighted by atomic mass is 28.3. The molecular weight excluding hydrogens is 627 g/mol. The minimum absolute atomic E-state index is 0.638. The molecule has 0 bridgehead atoms. The van der Waals surface area contributed by atoms with Crippen LogP contribution in [0.1, 0.15) is 0 Å². The number of hydrogen-bond donors (Lipinski definition) is 0. The Labute approximate surface area is 290 Å². The molecule has 0 aliphatic carbocycles. The van der Waals surface area contributed by atoms with Gasteiger partial charge in [-0.1, -0.05) is 147 Å². The van der Waals surface area contributed by atoms with Gasteiger partial charge in [-0.25, -0.2) is 15.0 Å². The lowest BCUT2D eigenvalue weighted by Crippen LogP contribution is -2.49. The third kappa shape index (κ3) is 4.40. The summed E-state index contributed by atoms with van der Waals surface area (Å²) in [6, 6.07) is 53.3. The number of furan rings is 1. The van der Waals surface area contributed by atoms with Gasteiger partial charge in [-0.2, -0.15) is 0 Å². The SMILES string of the molecule is C[Si]1(C)c2ccccc2-c2c1cc(-c1nc(-c3ccc(-c4ccccc4)cc3)nc(-c3ccc4ccccc4c3)n1)c1c2oc2ccccc21. The van der Waals surface area contributed by atoms with E-state index in [1.807, 2.05) is 12.1 Å². The van der Waals surface area contributed by atoms with Crippen LogP contribution in [0.5, 0.6) is 0 Å². The van der Waals surface area contributed by atoms with Gasteiger partial charge in [-0.3, -0.25) is 0 Å². The molecule has 0 unspecified atom stereocenters. The topological polar surface area (TPSA) is 51.8 Å². The van der Waals surface area contributed by atoms with Crippen LogP contribution >= 0.6 is 0 Å². The van der Waals surface area contributed by atoms with Crippen molar-refractivity contribution < 1.29 is 4.42 Å². The Balaban J connectivity index is 1.25. The van der Waals surface area contributed by atoms with E-state index in [2.05, 4.69) is 153 Å². The minimum Gasteiger partial charge on any atom is -0.455 e. The van der Waals surface area contributed by atoms with E-state index in [4.69, 9.17) is 19.4 Å². The molecule has 10 rings (SSSR count). The molecule has 1 aliphatic heterocycles.